The second-order valence-corrected chi connectivity index (χ2v) is 8.32. The van der Waals surface area contributed by atoms with Gasteiger partial charge >= 0.3 is 0 Å². The summed E-state index contributed by atoms with van der Waals surface area (Å²) in [6, 6.07) is 2.34. The van der Waals surface area contributed by atoms with Crippen molar-refractivity contribution >= 4 is 10.0 Å². The average Bonchev–Trinajstić information content (AvgIpc) is 3.11. The Bertz CT molecular complexity index is 605. The lowest BCUT2D eigenvalue weighted by atomic mass is 10.1. The summed E-state index contributed by atoms with van der Waals surface area (Å²) in [4.78, 5) is 3.40. The SMILES string of the molecule is CC1(C)COCCN1S(=O)(=O)c1c[nH]c(CNC2CC2)c1. The summed E-state index contributed by atoms with van der Waals surface area (Å²) in [6.45, 7) is 5.75. The summed E-state index contributed by atoms with van der Waals surface area (Å²) in [5.74, 6) is 0. The minimum Gasteiger partial charge on any atom is -0.378 e. The number of aromatic nitrogens is 1. The normalized spacial score (nSPS) is 23.3. The van der Waals surface area contributed by atoms with Crippen molar-refractivity contribution in [3.8, 4) is 0 Å². The van der Waals surface area contributed by atoms with Crippen LogP contribution in [-0.4, -0.2) is 49.0 Å². The van der Waals surface area contributed by atoms with Crippen LogP contribution < -0.4 is 5.32 Å². The molecular formula is C14H23N3O3S. The van der Waals surface area contributed by atoms with Crippen LogP contribution in [-0.2, 0) is 21.3 Å². The summed E-state index contributed by atoms with van der Waals surface area (Å²) < 4.78 is 32.5. The highest BCUT2D eigenvalue weighted by Crippen LogP contribution is 2.28. The van der Waals surface area contributed by atoms with Crippen molar-refractivity contribution in [1.82, 2.24) is 14.6 Å². The molecule has 0 amide bonds. The number of aromatic amines is 1. The molecule has 1 aromatic heterocycles. The van der Waals surface area contributed by atoms with Crippen LogP contribution in [0.5, 0.6) is 0 Å². The highest BCUT2D eigenvalue weighted by atomic mass is 32.2. The highest BCUT2D eigenvalue weighted by Gasteiger charge is 2.40. The van der Waals surface area contributed by atoms with Crippen molar-refractivity contribution in [3.63, 3.8) is 0 Å². The second-order valence-electron chi connectivity index (χ2n) is 6.46. The van der Waals surface area contributed by atoms with Gasteiger partial charge in [0, 0.05) is 31.0 Å². The average molecular weight is 313 g/mol. The van der Waals surface area contributed by atoms with Crippen molar-refractivity contribution in [2.24, 2.45) is 0 Å². The Hall–Kier alpha value is -0.890. The maximum Gasteiger partial charge on any atom is 0.245 e. The lowest BCUT2D eigenvalue weighted by molar-refractivity contribution is -0.00770. The third-order valence-electron chi connectivity index (χ3n) is 4.03. The molecule has 2 fully saturated rings. The minimum atomic E-state index is -3.48. The van der Waals surface area contributed by atoms with E-state index in [2.05, 4.69) is 10.3 Å². The summed E-state index contributed by atoms with van der Waals surface area (Å²) in [5, 5.41) is 3.37. The molecule has 2 N–H and O–H groups in total. The molecule has 21 heavy (non-hydrogen) atoms. The zero-order valence-electron chi connectivity index (χ0n) is 12.6. The van der Waals surface area contributed by atoms with Crippen molar-refractivity contribution in [2.75, 3.05) is 19.8 Å². The molecule has 0 bridgehead atoms. The van der Waals surface area contributed by atoms with Gasteiger partial charge in [-0.15, -0.1) is 0 Å². The van der Waals surface area contributed by atoms with E-state index in [1.807, 2.05) is 13.8 Å². The van der Waals surface area contributed by atoms with Crippen molar-refractivity contribution in [2.45, 2.75) is 49.7 Å². The zero-order valence-corrected chi connectivity index (χ0v) is 13.4. The lowest BCUT2D eigenvalue weighted by Crippen LogP contribution is -2.55. The van der Waals surface area contributed by atoms with Gasteiger partial charge in [0.25, 0.3) is 0 Å². The number of H-pyrrole nitrogens is 1. The first-order chi connectivity index (χ1) is 9.89. The second kappa shape index (κ2) is 5.39. The predicted octanol–water partition coefficient (Wildman–Crippen LogP) is 1.07. The molecule has 6 nitrogen and oxygen atoms in total. The molecule has 1 aliphatic carbocycles. The molecule has 0 unspecified atom stereocenters. The Labute approximate surface area is 125 Å². The molecule has 0 aromatic carbocycles. The van der Waals surface area contributed by atoms with E-state index < -0.39 is 15.6 Å². The van der Waals surface area contributed by atoms with Gasteiger partial charge in [-0.2, -0.15) is 4.31 Å². The molecule has 0 spiro atoms. The first kappa shape index (κ1) is 15.0. The minimum absolute atomic E-state index is 0.338. The molecule has 2 heterocycles. The molecule has 1 aliphatic heterocycles. The van der Waals surface area contributed by atoms with Gasteiger partial charge in [-0.3, -0.25) is 0 Å². The van der Waals surface area contributed by atoms with E-state index in [4.69, 9.17) is 4.74 Å². The van der Waals surface area contributed by atoms with Gasteiger partial charge in [0.05, 0.1) is 23.6 Å². The van der Waals surface area contributed by atoms with Crippen LogP contribution in [0.3, 0.4) is 0 Å². The number of nitrogens with zero attached hydrogens (tertiary/aromatic N) is 1. The van der Waals surface area contributed by atoms with Gasteiger partial charge in [-0.25, -0.2) is 8.42 Å². The Morgan fingerprint density at radius 1 is 1.48 bits per heavy atom. The van der Waals surface area contributed by atoms with Crippen LogP contribution in [0.4, 0.5) is 0 Å². The molecule has 1 saturated carbocycles. The Morgan fingerprint density at radius 3 is 2.90 bits per heavy atom. The van der Waals surface area contributed by atoms with Gasteiger partial charge in [0.1, 0.15) is 0 Å². The fourth-order valence-corrected chi connectivity index (χ4v) is 4.40. The molecule has 1 saturated heterocycles. The standard InChI is InChI=1S/C14H23N3O3S/c1-14(2)10-20-6-5-17(14)21(18,19)13-7-12(16-9-13)8-15-11-3-4-11/h7,9,11,15-16H,3-6,8,10H2,1-2H3. The van der Waals surface area contributed by atoms with Crippen LogP contribution >= 0.6 is 0 Å². The molecule has 2 aliphatic rings. The summed E-state index contributed by atoms with van der Waals surface area (Å²) >= 11 is 0. The third-order valence-corrected chi connectivity index (χ3v) is 6.12. The molecular weight excluding hydrogens is 290 g/mol. The monoisotopic (exact) mass is 313 g/mol. The van der Waals surface area contributed by atoms with Crippen molar-refractivity contribution in [3.05, 3.63) is 18.0 Å². The summed E-state index contributed by atoms with van der Waals surface area (Å²) in [5.41, 5.74) is 0.396. The molecule has 0 radical (unpaired) electrons. The van der Waals surface area contributed by atoms with Crippen molar-refractivity contribution in [1.29, 1.82) is 0 Å². The first-order valence-corrected chi connectivity index (χ1v) is 8.85. The molecule has 1 aromatic rings. The van der Waals surface area contributed by atoms with E-state index in [0.717, 1.165) is 5.69 Å². The number of nitrogens with one attached hydrogen (secondary N) is 2. The van der Waals surface area contributed by atoms with Gasteiger partial charge in [0.15, 0.2) is 0 Å². The van der Waals surface area contributed by atoms with Crippen LogP contribution in [0.2, 0.25) is 0 Å². The van der Waals surface area contributed by atoms with Crippen LogP contribution in [0.15, 0.2) is 17.2 Å². The van der Waals surface area contributed by atoms with E-state index in [-0.39, 0.29) is 0 Å². The fourth-order valence-electron chi connectivity index (χ4n) is 2.63. The number of hydrogen-bond donors (Lipinski definition) is 2. The smallest absolute Gasteiger partial charge is 0.245 e. The molecule has 3 rings (SSSR count). The number of morpholine rings is 1. The molecule has 0 atom stereocenters. The van der Waals surface area contributed by atoms with Gasteiger partial charge in [0.2, 0.25) is 10.0 Å². The third kappa shape index (κ3) is 3.15. The Balaban J connectivity index is 1.77. The zero-order chi connectivity index (χ0) is 15.1. The predicted molar refractivity (Wildman–Crippen MR) is 79.4 cm³/mol. The first-order valence-electron chi connectivity index (χ1n) is 7.41. The van der Waals surface area contributed by atoms with Gasteiger partial charge < -0.3 is 15.0 Å². The quantitative estimate of drug-likeness (QED) is 0.852. The van der Waals surface area contributed by atoms with Crippen LogP contribution in [0, 0.1) is 0 Å². The van der Waals surface area contributed by atoms with Gasteiger partial charge in [-0.05, 0) is 32.8 Å². The van der Waals surface area contributed by atoms with Crippen LogP contribution in [0.25, 0.3) is 0 Å². The lowest BCUT2D eigenvalue weighted by Gasteiger charge is -2.40. The maximum atomic E-state index is 12.8. The fraction of sp³-hybridized carbons (Fsp3) is 0.714. The van der Waals surface area contributed by atoms with E-state index in [1.54, 1.807) is 16.6 Å². The number of hydrogen-bond acceptors (Lipinski definition) is 4. The number of ether oxygens (including phenoxy) is 1. The van der Waals surface area contributed by atoms with E-state index >= 15 is 0 Å². The summed E-state index contributed by atoms with van der Waals surface area (Å²) in [6.07, 6.45) is 4.02. The largest absolute Gasteiger partial charge is 0.378 e. The highest BCUT2D eigenvalue weighted by molar-refractivity contribution is 7.89. The molecule has 118 valence electrons. The summed E-state index contributed by atoms with van der Waals surface area (Å²) in [7, 11) is -3.48. The van der Waals surface area contributed by atoms with E-state index in [0.29, 0.717) is 37.2 Å². The van der Waals surface area contributed by atoms with Crippen LogP contribution in [0.1, 0.15) is 32.4 Å². The van der Waals surface area contributed by atoms with E-state index in [1.165, 1.54) is 12.8 Å². The van der Waals surface area contributed by atoms with Crippen molar-refractivity contribution < 1.29 is 13.2 Å². The Kier molecular flexibility index (Phi) is 3.85. The number of sulfonamides is 1. The number of rotatable bonds is 5. The maximum absolute atomic E-state index is 12.8. The Morgan fingerprint density at radius 2 is 2.24 bits per heavy atom. The van der Waals surface area contributed by atoms with E-state index in [9.17, 15) is 8.42 Å². The van der Waals surface area contributed by atoms with Gasteiger partial charge in [-0.1, -0.05) is 0 Å². The topological polar surface area (TPSA) is 74.4 Å². The molecule has 7 heteroatoms.